The van der Waals surface area contributed by atoms with E-state index in [0.29, 0.717) is 17.5 Å². The van der Waals surface area contributed by atoms with Gasteiger partial charge in [-0.05, 0) is 42.5 Å². The molecule has 0 saturated carbocycles. The van der Waals surface area contributed by atoms with Crippen molar-refractivity contribution in [2.75, 3.05) is 18.8 Å². The van der Waals surface area contributed by atoms with Crippen LogP contribution in [-0.2, 0) is 0 Å². The Labute approximate surface area is 115 Å². The van der Waals surface area contributed by atoms with E-state index in [2.05, 4.69) is 13.8 Å². The van der Waals surface area contributed by atoms with Crippen LogP contribution in [0.2, 0.25) is 0 Å². The number of benzene rings is 1. The van der Waals surface area contributed by atoms with Crippen molar-refractivity contribution < 1.29 is 4.79 Å². The Morgan fingerprint density at radius 1 is 1.17 bits per heavy atom. The third kappa shape index (κ3) is 3.39. The summed E-state index contributed by atoms with van der Waals surface area (Å²) in [6.07, 6.45) is 1.21. The lowest BCUT2D eigenvalue weighted by molar-refractivity contribution is 0.0623. The van der Waals surface area contributed by atoms with Gasteiger partial charge in [-0.2, -0.15) is 0 Å². The first-order chi connectivity index (χ1) is 8.06. The highest BCUT2D eigenvalue weighted by molar-refractivity contribution is 5.94. The smallest absolute Gasteiger partial charge is 0.253 e. The summed E-state index contributed by atoms with van der Waals surface area (Å²) in [5, 5.41) is 0. The van der Waals surface area contributed by atoms with Gasteiger partial charge in [0.05, 0.1) is 0 Å². The molecule has 3 nitrogen and oxygen atoms in total. The Kier molecular flexibility index (Phi) is 5.03. The first kappa shape index (κ1) is 14.8. The van der Waals surface area contributed by atoms with E-state index in [0.717, 1.165) is 18.7 Å². The summed E-state index contributed by atoms with van der Waals surface area (Å²) in [6, 6.07) is 7.18. The van der Waals surface area contributed by atoms with Crippen molar-refractivity contribution in [1.29, 1.82) is 0 Å². The molecular weight excluding hydrogens is 248 g/mol. The van der Waals surface area contributed by atoms with Crippen molar-refractivity contribution in [1.82, 2.24) is 4.90 Å². The van der Waals surface area contributed by atoms with Crippen LogP contribution in [0.4, 0.5) is 5.69 Å². The molecule has 2 rings (SSSR count). The molecule has 1 aliphatic rings. The average molecular weight is 269 g/mol. The quantitative estimate of drug-likeness (QED) is 0.796. The van der Waals surface area contributed by atoms with Gasteiger partial charge in [-0.15, -0.1) is 12.4 Å². The van der Waals surface area contributed by atoms with Crippen LogP contribution in [-0.4, -0.2) is 23.9 Å². The van der Waals surface area contributed by atoms with Gasteiger partial charge in [-0.3, -0.25) is 4.79 Å². The molecule has 18 heavy (non-hydrogen) atoms. The first-order valence-corrected chi connectivity index (χ1v) is 6.21. The van der Waals surface area contributed by atoms with E-state index in [1.165, 1.54) is 6.42 Å². The fraction of sp³-hybridized carbons (Fsp3) is 0.500. The summed E-state index contributed by atoms with van der Waals surface area (Å²) < 4.78 is 0. The van der Waals surface area contributed by atoms with Crippen LogP contribution >= 0.6 is 12.4 Å². The fourth-order valence-electron chi connectivity index (χ4n) is 2.64. The fourth-order valence-corrected chi connectivity index (χ4v) is 2.64. The maximum atomic E-state index is 12.3. The second-order valence-corrected chi connectivity index (χ2v) is 5.28. The topological polar surface area (TPSA) is 46.3 Å². The highest BCUT2D eigenvalue weighted by Crippen LogP contribution is 2.22. The molecule has 0 spiro atoms. The van der Waals surface area contributed by atoms with Gasteiger partial charge in [0, 0.05) is 24.3 Å². The van der Waals surface area contributed by atoms with Gasteiger partial charge in [0.25, 0.3) is 5.91 Å². The van der Waals surface area contributed by atoms with Crippen LogP contribution < -0.4 is 5.73 Å². The third-order valence-electron chi connectivity index (χ3n) is 3.31. The SMILES string of the molecule is CC1CC(C)CN(C(=O)c2ccc(N)cc2)C1.Cl. The minimum atomic E-state index is 0. The Hall–Kier alpha value is -1.22. The number of nitrogen functional groups attached to an aromatic ring is 1. The Morgan fingerprint density at radius 2 is 1.67 bits per heavy atom. The molecule has 0 radical (unpaired) electrons. The number of amides is 1. The molecule has 1 amide bonds. The third-order valence-corrected chi connectivity index (χ3v) is 3.31. The van der Waals surface area contributed by atoms with E-state index >= 15 is 0 Å². The summed E-state index contributed by atoms with van der Waals surface area (Å²) in [7, 11) is 0. The molecule has 1 saturated heterocycles. The molecule has 4 heteroatoms. The van der Waals surface area contributed by atoms with Gasteiger partial charge in [0.2, 0.25) is 0 Å². The zero-order chi connectivity index (χ0) is 12.4. The lowest BCUT2D eigenvalue weighted by Crippen LogP contribution is -2.42. The number of anilines is 1. The molecule has 0 aliphatic carbocycles. The molecule has 1 aromatic carbocycles. The van der Waals surface area contributed by atoms with E-state index in [4.69, 9.17) is 5.73 Å². The normalized spacial score (nSPS) is 23.3. The van der Waals surface area contributed by atoms with Gasteiger partial charge in [0.15, 0.2) is 0 Å². The van der Waals surface area contributed by atoms with Gasteiger partial charge in [-0.25, -0.2) is 0 Å². The van der Waals surface area contributed by atoms with Crippen molar-refractivity contribution in [2.45, 2.75) is 20.3 Å². The monoisotopic (exact) mass is 268 g/mol. The summed E-state index contributed by atoms with van der Waals surface area (Å²) in [5.74, 6) is 1.32. The van der Waals surface area contributed by atoms with Crippen molar-refractivity contribution in [2.24, 2.45) is 11.8 Å². The molecule has 1 heterocycles. The number of hydrogen-bond acceptors (Lipinski definition) is 2. The van der Waals surface area contributed by atoms with E-state index in [9.17, 15) is 4.79 Å². The summed E-state index contributed by atoms with van der Waals surface area (Å²) in [4.78, 5) is 14.2. The molecule has 2 atom stereocenters. The van der Waals surface area contributed by atoms with Crippen molar-refractivity contribution in [3.05, 3.63) is 29.8 Å². The minimum Gasteiger partial charge on any atom is -0.399 e. The number of nitrogens with zero attached hydrogens (tertiary/aromatic N) is 1. The van der Waals surface area contributed by atoms with Gasteiger partial charge < -0.3 is 10.6 Å². The Morgan fingerprint density at radius 3 is 2.17 bits per heavy atom. The Balaban J connectivity index is 0.00000162. The van der Waals surface area contributed by atoms with Crippen LogP contribution in [0.15, 0.2) is 24.3 Å². The summed E-state index contributed by atoms with van der Waals surface area (Å²) >= 11 is 0. The van der Waals surface area contributed by atoms with Gasteiger partial charge in [-0.1, -0.05) is 13.8 Å². The number of piperidine rings is 1. The van der Waals surface area contributed by atoms with Crippen LogP contribution in [0.5, 0.6) is 0 Å². The van der Waals surface area contributed by atoms with E-state index in [1.807, 2.05) is 17.0 Å². The average Bonchev–Trinajstić information content (AvgIpc) is 2.28. The zero-order valence-electron chi connectivity index (χ0n) is 10.9. The van der Waals surface area contributed by atoms with Crippen LogP contribution in [0, 0.1) is 11.8 Å². The van der Waals surface area contributed by atoms with Crippen molar-refractivity contribution in [3.63, 3.8) is 0 Å². The predicted octanol–water partition coefficient (Wildman–Crippen LogP) is 2.81. The van der Waals surface area contributed by atoms with Crippen LogP contribution in [0.1, 0.15) is 30.6 Å². The zero-order valence-corrected chi connectivity index (χ0v) is 11.7. The minimum absolute atomic E-state index is 0. The van der Waals surface area contributed by atoms with Crippen LogP contribution in [0.3, 0.4) is 0 Å². The summed E-state index contributed by atoms with van der Waals surface area (Å²) in [6.45, 7) is 6.15. The first-order valence-electron chi connectivity index (χ1n) is 6.21. The number of carbonyl (C=O) groups is 1. The van der Waals surface area contributed by atoms with E-state index in [-0.39, 0.29) is 18.3 Å². The lowest BCUT2D eigenvalue weighted by atomic mass is 9.91. The maximum Gasteiger partial charge on any atom is 0.253 e. The number of rotatable bonds is 1. The Bertz CT molecular complexity index is 395. The molecule has 0 aromatic heterocycles. The van der Waals surface area contributed by atoms with Crippen LogP contribution in [0.25, 0.3) is 0 Å². The number of hydrogen-bond donors (Lipinski definition) is 1. The molecule has 1 aliphatic heterocycles. The van der Waals surface area contributed by atoms with Crippen molar-refractivity contribution in [3.8, 4) is 0 Å². The number of likely N-dealkylation sites (tertiary alicyclic amines) is 1. The van der Waals surface area contributed by atoms with E-state index in [1.54, 1.807) is 12.1 Å². The molecular formula is C14H21ClN2O. The van der Waals surface area contributed by atoms with Gasteiger partial charge >= 0.3 is 0 Å². The summed E-state index contributed by atoms with van der Waals surface area (Å²) in [5.41, 5.74) is 7.06. The molecule has 1 fully saturated rings. The largest absolute Gasteiger partial charge is 0.399 e. The second-order valence-electron chi connectivity index (χ2n) is 5.28. The molecule has 2 unspecified atom stereocenters. The molecule has 0 bridgehead atoms. The predicted molar refractivity (Wildman–Crippen MR) is 77.0 cm³/mol. The second kappa shape index (κ2) is 6.10. The maximum absolute atomic E-state index is 12.3. The number of carbonyl (C=O) groups excluding carboxylic acids is 1. The molecule has 2 N–H and O–H groups in total. The highest BCUT2D eigenvalue weighted by Gasteiger charge is 2.25. The molecule has 1 aromatic rings. The number of nitrogens with two attached hydrogens (primary N) is 1. The highest BCUT2D eigenvalue weighted by atomic mass is 35.5. The number of halogens is 1. The lowest BCUT2D eigenvalue weighted by Gasteiger charge is -2.35. The van der Waals surface area contributed by atoms with Crippen molar-refractivity contribution >= 4 is 24.0 Å². The molecule has 100 valence electrons. The van der Waals surface area contributed by atoms with E-state index < -0.39 is 0 Å². The van der Waals surface area contributed by atoms with Gasteiger partial charge in [0.1, 0.15) is 0 Å². The standard InChI is InChI=1S/C14H20N2O.ClH/c1-10-7-11(2)9-16(8-10)14(17)12-3-5-13(15)6-4-12;/h3-6,10-11H,7-9,15H2,1-2H3;1H.